The smallest absolute Gasteiger partial charge is 0.0720 e. The predicted octanol–water partition coefficient (Wildman–Crippen LogP) is 4.67. The molecular formula is C13H20Cl2N2. The van der Waals surface area contributed by atoms with E-state index in [4.69, 9.17) is 28.9 Å². The molecule has 1 aromatic rings. The van der Waals surface area contributed by atoms with Gasteiger partial charge in [-0.1, -0.05) is 50.9 Å². The fourth-order valence-electron chi connectivity index (χ4n) is 1.32. The summed E-state index contributed by atoms with van der Waals surface area (Å²) in [5.74, 6) is 0.507. The maximum Gasteiger partial charge on any atom is 0.0720 e. The van der Waals surface area contributed by atoms with Gasteiger partial charge in [0.1, 0.15) is 0 Å². The maximum absolute atomic E-state index is 6.11. The van der Waals surface area contributed by atoms with Crippen LogP contribution in [0.15, 0.2) is 12.1 Å². The van der Waals surface area contributed by atoms with Crippen LogP contribution in [0.1, 0.15) is 27.7 Å². The van der Waals surface area contributed by atoms with Crippen molar-refractivity contribution < 1.29 is 0 Å². The van der Waals surface area contributed by atoms with Crippen molar-refractivity contribution in [2.45, 2.75) is 27.7 Å². The topological polar surface area (TPSA) is 38.0 Å². The summed E-state index contributed by atoms with van der Waals surface area (Å²) in [6.45, 7) is 9.67. The summed E-state index contributed by atoms with van der Waals surface area (Å²) < 4.78 is 0. The number of hydrogen-bond acceptors (Lipinski definition) is 2. The molecule has 1 aromatic carbocycles. The highest BCUT2D eigenvalue weighted by Crippen LogP contribution is 2.34. The molecule has 0 radical (unpaired) electrons. The molecule has 0 aliphatic heterocycles. The average molecular weight is 275 g/mol. The van der Waals surface area contributed by atoms with Crippen molar-refractivity contribution in [2.75, 3.05) is 17.6 Å². The molecule has 0 bridgehead atoms. The van der Waals surface area contributed by atoms with Gasteiger partial charge in [0.15, 0.2) is 0 Å². The van der Waals surface area contributed by atoms with E-state index in [1.54, 1.807) is 12.1 Å². The van der Waals surface area contributed by atoms with Crippen LogP contribution >= 0.6 is 23.2 Å². The molecule has 1 rings (SSSR count). The molecular weight excluding hydrogens is 255 g/mol. The molecule has 0 saturated heterocycles. The van der Waals surface area contributed by atoms with Gasteiger partial charge in [0.05, 0.1) is 15.7 Å². The summed E-state index contributed by atoms with van der Waals surface area (Å²) >= 11 is 12.2. The summed E-state index contributed by atoms with van der Waals surface area (Å²) in [6.07, 6.45) is 0. The molecule has 4 heteroatoms. The first-order valence-corrected chi connectivity index (χ1v) is 6.46. The standard InChI is InChI=1S/C13H20Cl2N2/c1-8(13(2,3)4)7-17-12-10(14)5-9(16)6-11(12)15/h5-6,8,17H,7,16H2,1-4H3. The Balaban J connectivity index is 2.77. The molecule has 0 aliphatic carbocycles. The Bertz CT molecular complexity index is 374. The molecule has 0 amide bonds. The number of nitrogen functional groups attached to an aromatic ring is 1. The molecule has 96 valence electrons. The van der Waals surface area contributed by atoms with Gasteiger partial charge in [0.25, 0.3) is 0 Å². The van der Waals surface area contributed by atoms with Crippen LogP contribution in [0.4, 0.5) is 11.4 Å². The highest BCUT2D eigenvalue weighted by molar-refractivity contribution is 6.39. The molecule has 2 nitrogen and oxygen atoms in total. The van der Waals surface area contributed by atoms with Gasteiger partial charge >= 0.3 is 0 Å². The first kappa shape index (κ1) is 14.5. The Labute approximate surface area is 113 Å². The summed E-state index contributed by atoms with van der Waals surface area (Å²) in [6, 6.07) is 3.41. The van der Waals surface area contributed by atoms with Crippen molar-refractivity contribution in [3.05, 3.63) is 22.2 Å². The normalized spacial score (nSPS) is 13.5. The van der Waals surface area contributed by atoms with E-state index in [-0.39, 0.29) is 5.41 Å². The van der Waals surface area contributed by atoms with Crippen LogP contribution in [-0.4, -0.2) is 6.54 Å². The van der Waals surface area contributed by atoms with Crippen molar-refractivity contribution >= 4 is 34.6 Å². The largest absolute Gasteiger partial charge is 0.399 e. The van der Waals surface area contributed by atoms with Crippen molar-refractivity contribution in [1.82, 2.24) is 0 Å². The number of hydrogen-bond donors (Lipinski definition) is 2. The van der Waals surface area contributed by atoms with Gasteiger partial charge in [0.2, 0.25) is 0 Å². The van der Waals surface area contributed by atoms with E-state index >= 15 is 0 Å². The van der Waals surface area contributed by atoms with Gasteiger partial charge in [-0.3, -0.25) is 0 Å². The van der Waals surface area contributed by atoms with Gasteiger partial charge in [-0.15, -0.1) is 0 Å². The minimum absolute atomic E-state index is 0.250. The van der Waals surface area contributed by atoms with Crippen LogP contribution in [0.5, 0.6) is 0 Å². The lowest BCUT2D eigenvalue weighted by Gasteiger charge is -2.28. The molecule has 0 spiro atoms. The van der Waals surface area contributed by atoms with Crippen LogP contribution in [0.3, 0.4) is 0 Å². The number of nitrogens with two attached hydrogens (primary N) is 1. The first-order valence-electron chi connectivity index (χ1n) is 5.70. The molecule has 0 fully saturated rings. The summed E-state index contributed by atoms with van der Waals surface area (Å²) in [5.41, 5.74) is 7.25. The Morgan fingerprint density at radius 2 is 1.71 bits per heavy atom. The summed E-state index contributed by atoms with van der Waals surface area (Å²) in [5, 5.41) is 4.43. The molecule has 0 saturated carbocycles. The van der Waals surface area contributed by atoms with Crippen LogP contribution in [0.25, 0.3) is 0 Å². The lowest BCUT2D eigenvalue weighted by atomic mass is 9.82. The number of nitrogens with one attached hydrogen (secondary N) is 1. The molecule has 0 aromatic heterocycles. The third-order valence-corrected chi connectivity index (χ3v) is 3.72. The molecule has 1 atom stereocenters. The van der Waals surface area contributed by atoms with E-state index in [1.165, 1.54) is 0 Å². The highest BCUT2D eigenvalue weighted by atomic mass is 35.5. The third kappa shape index (κ3) is 3.97. The van der Waals surface area contributed by atoms with Gasteiger partial charge in [0, 0.05) is 12.2 Å². The van der Waals surface area contributed by atoms with Gasteiger partial charge < -0.3 is 11.1 Å². The average Bonchev–Trinajstić information content (AvgIpc) is 2.13. The van der Waals surface area contributed by atoms with E-state index in [9.17, 15) is 0 Å². The van der Waals surface area contributed by atoms with Crippen LogP contribution < -0.4 is 11.1 Å². The number of anilines is 2. The third-order valence-electron chi connectivity index (χ3n) is 3.13. The SMILES string of the molecule is CC(CNc1c(Cl)cc(N)cc1Cl)C(C)(C)C. The number of rotatable bonds is 3. The fraction of sp³-hybridized carbons (Fsp3) is 0.538. The zero-order valence-corrected chi connectivity index (χ0v) is 12.3. The predicted molar refractivity (Wildman–Crippen MR) is 78.0 cm³/mol. The van der Waals surface area contributed by atoms with E-state index in [2.05, 4.69) is 33.0 Å². The number of benzene rings is 1. The van der Waals surface area contributed by atoms with E-state index in [1.807, 2.05) is 0 Å². The molecule has 1 unspecified atom stereocenters. The van der Waals surface area contributed by atoms with Crippen LogP contribution in [0, 0.1) is 11.3 Å². The zero-order valence-electron chi connectivity index (χ0n) is 10.8. The summed E-state index contributed by atoms with van der Waals surface area (Å²) in [4.78, 5) is 0. The second-order valence-electron chi connectivity index (χ2n) is 5.51. The quantitative estimate of drug-likeness (QED) is 0.787. The van der Waals surface area contributed by atoms with E-state index in [0.717, 1.165) is 12.2 Å². The van der Waals surface area contributed by atoms with Crippen LogP contribution in [0.2, 0.25) is 10.0 Å². The zero-order chi connectivity index (χ0) is 13.2. The van der Waals surface area contributed by atoms with Crippen molar-refractivity contribution in [1.29, 1.82) is 0 Å². The van der Waals surface area contributed by atoms with Crippen LogP contribution in [-0.2, 0) is 0 Å². The molecule has 0 heterocycles. The minimum Gasteiger partial charge on any atom is -0.399 e. The minimum atomic E-state index is 0.250. The van der Waals surface area contributed by atoms with Crippen molar-refractivity contribution in [3.63, 3.8) is 0 Å². The Morgan fingerprint density at radius 1 is 1.24 bits per heavy atom. The molecule has 17 heavy (non-hydrogen) atoms. The van der Waals surface area contributed by atoms with Gasteiger partial charge in [-0.25, -0.2) is 0 Å². The summed E-state index contributed by atoms with van der Waals surface area (Å²) in [7, 11) is 0. The first-order chi connectivity index (χ1) is 7.71. The monoisotopic (exact) mass is 274 g/mol. The lowest BCUT2D eigenvalue weighted by Crippen LogP contribution is -2.25. The molecule has 3 N–H and O–H groups in total. The van der Waals surface area contributed by atoms with E-state index < -0.39 is 0 Å². The Hall–Kier alpha value is -0.600. The van der Waals surface area contributed by atoms with Gasteiger partial charge in [-0.05, 0) is 23.5 Å². The highest BCUT2D eigenvalue weighted by Gasteiger charge is 2.20. The number of halogens is 2. The second-order valence-corrected chi connectivity index (χ2v) is 6.32. The van der Waals surface area contributed by atoms with Crippen molar-refractivity contribution in [3.8, 4) is 0 Å². The van der Waals surface area contributed by atoms with Gasteiger partial charge in [-0.2, -0.15) is 0 Å². The lowest BCUT2D eigenvalue weighted by molar-refractivity contribution is 0.274. The molecule has 0 aliphatic rings. The second kappa shape index (κ2) is 5.36. The van der Waals surface area contributed by atoms with Crippen molar-refractivity contribution in [2.24, 2.45) is 11.3 Å². The van der Waals surface area contributed by atoms with E-state index in [0.29, 0.717) is 21.7 Å². The fourth-order valence-corrected chi connectivity index (χ4v) is 1.96. The maximum atomic E-state index is 6.11. The Kier molecular flexibility index (Phi) is 4.56. The Morgan fingerprint density at radius 3 is 2.12 bits per heavy atom.